The van der Waals surface area contributed by atoms with Crippen LogP contribution in [0.3, 0.4) is 0 Å². The molecule has 1 aromatic carbocycles. The van der Waals surface area contributed by atoms with Crippen LogP contribution in [0.25, 0.3) is 0 Å². The van der Waals surface area contributed by atoms with Crippen LogP contribution in [-0.4, -0.2) is 16.1 Å². The first-order valence-corrected chi connectivity index (χ1v) is 7.07. The van der Waals surface area contributed by atoms with E-state index in [1.807, 2.05) is 42.5 Å². The summed E-state index contributed by atoms with van der Waals surface area (Å²) in [5, 5.41) is 8.61. The lowest BCUT2D eigenvalue weighted by atomic mass is 10.1. The van der Waals surface area contributed by atoms with Gasteiger partial charge in [-0.1, -0.05) is 18.2 Å². The standard InChI is InChI=1S/C17H19NO3/c19-17(20)10-2-1-6-14-7-5-9-16(12-14)21-13-15-8-3-4-11-18-15/h3-5,7-9,11-12H,1-2,6,10,13H2,(H,19,20). The molecule has 110 valence electrons. The van der Waals surface area contributed by atoms with Gasteiger partial charge in [0.25, 0.3) is 0 Å². The molecule has 1 aromatic heterocycles. The molecule has 2 rings (SSSR count). The van der Waals surface area contributed by atoms with E-state index in [4.69, 9.17) is 9.84 Å². The van der Waals surface area contributed by atoms with Crippen molar-refractivity contribution in [1.29, 1.82) is 0 Å². The van der Waals surface area contributed by atoms with E-state index in [0.717, 1.165) is 24.3 Å². The third kappa shape index (κ3) is 5.65. The van der Waals surface area contributed by atoms with Gasteiger partial charge in [0.2, 0.25) is 0 Å². The van der Waals surface area contributed by atoms with Gasteiger partial charge in [-0.2, -0.15) is 0 Å². The number of aryl methyl sites for hydroxylation is 1. The van der Waals surface area contributed by atoms with Gasteiger partial charge in [0.05, 0.1) is 5.69 Å². The minimum absolute atomic E-state index is 0.232. The fraction of sp³-hybridized carbons (Fsp3) is 0.294. The van der Waals surface area contributed by atoms with E-state index in [0.29, 0.717) is 13.0 Å². The molecule has 4 heteroatoms. The summed E-state index contributed by atoms with van der Waals surface area (Å²) in [5.74, 6) is 0.0823. The second kappa shape index (κ2) is 8.04. The molecular formula is C17H19NO3. The Morgan fingerprint density at radius 3 is 2.81 bits per heavy atom. The second-order valence-electron chi connectivity index (χ2n) is 4.86. The van der Waals surface area contributed by atoms with Gasteiger partial charge < -0.3 is 9.84 Å². The topological polar surface area (TPSA) is 59.4 Å². The minimum Gasteiger partial charge on any atom is -0.487 e. The van der Waals surface area contributed by atoms with Crippen LogP contribution in [0.2, 0.25) is 0 Å². The molecule has 1 heterocycles. The number of carboxylic acid groups (broad SMARTS) is 1. The van der Waals surface area contributed by atoms with Gasteiger partial charge in [0.1, 0.15) is 12.4 Å². The Morgan fingerprint density at radius 2 is 2.05 bits per heavy atom. The van der Waals surface area contributed by atoms with E-state index >= 15 is 0 Å². The summed E-state index contributed by atoms with van der Waals surface area (Å²) in [5.41, 5.74) is 2.06. The SMILES string of the molecule is O=C(O)CCCCc1cccc(OCc2ccccn2)c1. The van der Waals surface area contributed by atoms with Gasteiger partial charge in [-0.25, -0.2) is 0 Å². The highest BCUT2D eigenvalue weighted by Gasteiger charge is 2.01. The molecule has 1 N–H and O–H groups in total. The number of rotatable bonds is 8. The third-order valence-electron chi connectivity index (χ3n) is 3.12. The van der Waals surface area contributed by atoms with Crippen LogP contribution in [0, 0.1) is 0 Å². The summed E-state index contributed by atoms with van der Waals surface area (Å²) in [7, 11) is 0. The number of nitrogens with zero attached hydrogens (tertiary/aromatic N) is 1. The van der Waals surface area contributed by atoms with Crippen molar-refractivity contribution in [3.05, 3.63) is 59.9 Å². The van der Waals surface area contributed by atoms with Gasteiger partial charge in [-0.3, -0.25) is 9.78 Å². The Bertz CT molecular complexity index is 569. The van der Waals surface area contributed by atoms with E-state index in [-0.39, 0.29) is 6.42 Å². The zero-order valence-corrected chi connectivity index (χ0v) is 11.9. The first kappa shape index (κ1) is 15.0. The highest BCUT2D eigenvalue weighted by atomic mass is 16.5. The number of unbranched alkanes of at least 4 members (excludes halogenated alkanes) is 1. The van der Waals surface area contributed by atoms with E-state index in [9.17, 15) is 4.79 Å². The summed E-state index contributed by atoms with van der Waals surface area (Å²) >= 11 is 0. The van der Waals surface area contributed by atoms with Crippen LogP contribution in [0.5, 0.6) is 5.75 Å². The molecule has 0 radical (unpaired) electrons. The number of hydrogen-bond acceptors (Lipinski definition) is 3. The molecule has 0 unspecified atom stereocenters. The van der Waals surface area contributed by atoms with Crippen molar-refractivity contribution < 1.29 is 14.6 Å². The molecule has 0 spiro atoms. The molecule has 2 aromatic rings. The van der Waals surface area contributed by atoms with Crippen LogP contribution < -0.4 is 4.74 Å². The number of carboxylic acids is 1. The van der Waals surface area contributed by atoms with Gasteiger partial charge >= 0.3 is 5.97 Å². The molecule has 0 saturated heterocycles. The van der Waals surface area contributed by atoms with Crippen LogP contribution in [-0.2, 0) is 17.8 Å². The van der Waals surface area contributed by atoms with Crippen molar-refractivity contribution in [2.75, 3.05) is 0 Å². The maximum Gasteiger partial charge on any atom is 0.303 e. The molecule has 0 atom stereocenters. The summed E-state index contributed by atoms with van der Waals surface area (Å²) in [4.78, 5) is 14.7. The molecule has 0 aliphatic carbocycles. The van der Waals surface area contributed by atoms with Crippen molar-refractivity contribution in [2.45, 2.75) is 32.3 Å². The number of pyridine rings is 1. The minimum atomic E-state index is -0.734. The van der Waals surface area contributed by atoms with Crippen LogP contribution >= 0.6 is 0 Å². The van der Waals surface area contributed by atoms with Gasteiger partial charge in [-0.15, -0.1) is 0 Å². The highest BCUT2D eigenvalue weighted by molar-refractivity contribution is 5.66. The van der Waals surface area contributed by atoms with Gasteiger partial charge in [0, 0.05) is 12.6 Å². The lowest BCUT2D eigenvalue weighted by Crippen LogP contribution is -1.98. The molecule has 0 saturated carbocycles. The molecule has 0 aliphatic heterocycles. The average Bonchev–Trinajstić information content (AvgIpc) is 2.51. The molecule has 0 bridgehead atoms. The predicted octanol–water partition coefficient (Wildman–Crippen LogP) is 3.46. The smallest absolute Gasteiger partial charge is 0.303 e. The van der Waals surface area contributed by atoms with Crippen LogP contribution in [0.15, 0.2) is 48.7 Å². The molecule has 0 aliphatic rings. The number of hydrogen-bond donors (Lipinski definition) is 1. The van der Waals surface area contributed by atoms with Crippen LogP contribution in [0.4, 0.5) is 0 Å². The molecule has 4 nitrogen and oxygen atoms in total. The summed E-state index contributed by atoms with van der Waals surface area (Å²) in [6.45, 7) is 0.448. The monoisotopic (exact) mass is 285 g/mol. The van der Waals surface area contributed by atoms with Gasteiger partial charge in [-0.05, 0) is 49.1 Å². The van der Waals surface area contributed by atoms with Crippen molar-refractivity contribution in [3.8, 4) is 5.75 Å². The first-order chi connectivity index (χ1) is 10.2. The summed E-state index contributed by atoms with van der Waals surface area (Å²) in [6, 6.07) is 13.7. The number of carbonyl (C=O) groups is 1. The van der Waals surface area contributed by atoms with E-state index in [1.165, 1.54) is 5.56 Å². The number of aliphatic carboxylic acids is 1. The predicted molar refractivity (Wildman–Crippen MR) is 80.2 cm³/mol. The average molecular weight is 285 g/mol. The lowest BCUT2D eigenvalue weighted by Gasteiger charge is -2.07. The number of ether oxygens (including phenoxy) is 1. The van der Waals surface area contributed by atoms with Crippen molar-refractivity contribution in [2.24, 2.45) is 0 Å². The fourth-order valence-corrected chi connectivity index (χ4v) is 2.04. The normalized spacial score (nSPS) is 10.3. The lowest BCUT2D eigenvalue weighted by molar-refractivity contribution is -0.137. The Labute approximate surface area is 124 Å². The van der Waals surface area contributed by atoms with E-state index in [1.54, 1.807) is 6.20 Å². The van der Waals surface area contributed by atoms with E-state index < -0.39 is 5.97 Å². The Morgan fingerprint density at radius 1 is 1.14 bits per heavy atom. The van der Waals surface area contributed by atoms with Crippen molar-refractivity contribution in [3.63, 3.8) is 0 Å². The molecule has 0 fully saturated rings. The maximum atomic E-state index is 10.5. The highest BCUT2D eigenvalue weighted by Crippen LogP contribution is 2.16. The Kier molecular flexibility index (Phi) is 5.76. The van der Waals surface area contributed by atoms with Crippen molar-refractivity contribution >= 4 is 5.97 Å². The Balaban J connectivity index is 1.81. The van der Waals surface area contributed by atoms with E-state index in [2.05, 4.69) is 4.98 Å². The summed E-state index contributed by atoms with van der Waals surface area (Å²) in [6.07, 6.45) is 4.42. The zero-order valence-electron chi connectivity index (χ0n) is 11.9. The first-order valence-electron chi connectivity index (χ1n) is 7.07. The van der Waals surface area contributed by atoms with Crippen LogP contribution in [0.1, 0.15) is 30.5 Å². The van der Waals surface area contributed by atoms with Crippen molar-refractivity contribution in [1.82, 2.24) is 4.98 Å². The third-order valence-corrected chi connectivity index (χ3v) is 3.12. The number of benzene rings is 1. The number of aromatic nitrogens is 1. The zero-order chi connectivity index (χ0) is 14.9. The fourth-order valence-electron chi connectivity index (χ4n) is 2.04. The summed E-state index contributed by atoms with van der Waals surface area (Å²) < 4.78 is 5.72. The largest absolute Gasteiger partial charge is 0.487 e. The van der Waals surface area contributed by atoms with Gasteiger partial charge in [0.15, 0.2) is 0 Å². The maximum absolute atomic E-state index is 10.5. The molecule has 21 heavy (non-hydrogen) atoms. The second-order valence-corrected chi connectivity index (χ2v) is 4.86. The Hall–Kier alpha value is -2.36. The molecule has 0 amide bonds. The quantitative estimate of drug-likeness (QED) is 0.755. The molecular weight excluding hydrogens is 266 g/mol.